The highest BCUT2D eigenvalue weighted by Gasteiger charge is 2.22. The first kappa shape index (κ1) is 17.7. The fourth-order valence-corrected chi connectivity index (χ4v) is 2.76. The molecule has 0 aromatic carbocycles. The minimum atomic E-state index is -0.535. The van der Waals surface area contributed by atoms with E-state index in [0.717, 1.165) is 17.0 Å². The van der Waals surface area contributed by atoms with Crippen molar-refractivity contribution in [3.8, 4) is 0 Å². The summed E-state index contributed by atoms with van der Waals surface area (Å²) in [5.41, 5.74) is 4.25. The number of methoxy groups -OCH3 is 1. The van der Waals surface area contributed by atoms with E-state index in [1.54, 1.807) is 14.0 Å². The lowest BCUT2D eigenvalue weighted by molar-refractivity contribution is -0.116. The number of nitrogens with zero attached hydrogens (tertiary/aromatic N) is 4. The second kappa shape index (κ2) is 6.86. The van der Waals surface area contributed by atoms with Crippen molar-refractivity contribution in [2.45, 2.75) is 33.6 Å². The van der Waals surface area contributed by atoms with Gasteiger partial charge in [0.15, 0.2) is 5.69 Å². The number of esters is 1. The number of aromatic nitrogens is 4. The summed E-state index contributed by atoms with van der Waals surface area (Å²) in [4.78, 5) is 24.2. The van der Waals surface area contributed by atoms with Gasteiger partial charge in [0.2, 0.25) is 5.91 Å². The van der Waals surface area contributed by atoms with Gasteiger partial charge in [-0.3, -0.25) is 14.2 Å². The van der Waals surface area contributed by atoms with Gasteiger partial charge in [0, 0.05) is 26.2 Å². The Morgan fingerprint density at radius 1 is 1.08 bits per heavy atom. The summed E-state index contributed by atoms with van der Waals surface area (Å²) in [6.45, 7) is 5.65. The molecule has 130 valence electrons. The number of carbonyl (C=O) groups is 2. The number of hydrogen-bond donors (Lipinski definition) is 1. The van der Waals surface area contributed by atoms with E-state index in [-0.39, 0.29) is 11.6 Å². The lowest BCUT2D eigenvalue weighted by atomic mass is 10.1. The minimum absolute atomic E-state index is 0.182. The summed E-state index contributed by atoms with van der Waals surface area (Å²) < 4.78 is 7.97. The van der Waals surface area contributed by atoms with Crippen LogP contribution in [0.25, 0.3) is 0 Å². The number of rotatable bonds is 5. The maximum absolute atomic E-state index is 12.3. The Bertz CT molecular complexity index is 788. The molecular weight excluding hydrogens is 310 g/mol. The van der Waals surface area contributed by atoms with E-state index in [0.29, 0.717) is 24.2 Å². The van der Waals surface area contributed by atoms with E-state index in [9.17, 15) is 9.59 Å². The van der Waals surface area contributed by atoms with Crippen LogP contribution in [0.1, 0.15) is 39.6 Å². The summed E-state index contributed by atoms with van der Waals surface area (Å²) in [5.74, 6) is -0.716. The summed E-state index contributed by atoms with van der Waals surface area (Å²) >= 11 is 0. The van der Waals surface area contributed by atoms with E-state index in [4.69, 9.17) is 4.74 Å². The van der Waals surface area contributed by atoms with Gasteiger partial charge in [0.05, 0.1) is 24.2 Å². The van der Waals surface area contributed by atoms with Crippen molar-refractivity contribution in [2.24, 2.45) is 14.1 Å². The van der Waals surface area contributed by atoms with Crippen molar-refractivity contribution in [3.05, 3.63) is 28.3 Å². The lowest BCUT2D eigenvalue weighted by Gasteiger charge is -2.07. The number of nitrogens with one attached hydrogen (secondary N) is 1. The van der Waals surface area contributed by atoms with Crippen molar-refractivity contribution in [2.75, 3.05) is 12.4 Å². The molecule has 24 heavy (non-hydrogen) atoms. The molecule has 0 unspecified atom stereocenters. The molecule has 0 saturated heterocycles. The van der Waals surface area contributed by atoms with E-state index < -0.39 is 5.97 Å². The molecule has 1 amide bonds. The SMILES string of the molecule is COC(=O)c1c(NC(=O)CCc2c(C)nn(C)c2C)c(C)nn1C. The second-order valence-electron chi connectivity index (χ2n) is 5.75. The first-order chi connectivity index (χ1) is 11.3. The molecular formula is C16H23N5O3. The van der Waals surface area contributed by atoms with Crippen LogP contribution in [0.5, 0.6) is 0 Å². The zero-order chi connectivity index (χ0) is 18.0. The number of anilines is 1. The molecule has 0 fully saturated rings. The molecule has 0 saturated carbocycles. The highest BCUT2D eigenvalue weighted by molar-refractivity contribution is 6.00. The fourth-order valence-electron chi connectivity index (χ4n) is 2.76. The average Bonchev–Trinajstić information content (AvgIpc) is 2.93. The molecule has 8 nitrogen and oxygen atoms in total. The molecule has 1 N–H and O–H groups in total. The number of carbonyl (C=O) groups excluding carboxylic acids is 2. The summed E-state index contributed by atoms with van der Waals surface area (Å²) in [6, 6.07) is 0. The van der Waals surface area contributed by atoms with Crippen LogP contribution in [0.4, 0.5) is 5.69 Å². The van der Waals surface area contributed by atoms with Crippen LogP contribution < -0.4 is 5.32 Å². The number of aryl methyl sites for hydroxylation is 4. The van der Waals surface area contributed by atoms with Crippen molar-refractivity contribution in [1.82, 2.24) is 19.6 Å². The quantitative estimate of drug-likeness (QED) is 0.836. The first-order valence-electron chi connectivity index (χ1n) is 7.67. The van der Waals surface area contributed by atoms with Crippen LogP contribution >= 0.6 is 0 Å². The highest BCUT2D eigenvalue weighted by Crippen LogP contribution is 2.21. The number of hydrogen-bond acceptors (Lipinski definition) is 5. The third-order valence-corrected chi connectivity index (χ3v) is 4.13. The van der Waals surface area contributed by atoms with Crippen molar-refractivity contribution >= 4 is 17.6 Å². The summed E-state index contributed by atoms with van der Waals surface area (Å²) in [6.07, 6.45) is 0.881. The van der Waals surface area contributed by atoms with Crippen LogP contribution in [-0.2, 0) is 30.0 Å². The van der Waals surface area contributed by atoms with Gasteiger partial charge in [0.1, 0.15) is 0 Å². The standard InChI is InChI=1S/C16H23N5O3/c1-9-12(11(3)20(4)18-9)7-8-13(22)17-14-10(2)19-21(5)15(14)16(23)24-6/h7-8H2,1-6H3,(H,17,22). The molecule has 2 aromatic heterocycles. The molecule has 0 aliphatic heterocycles. The lowest BCUT2D eigenvalue weighted by Crippen LogP contribution is -2.17. The largest absolute Gasteiger partial charge is 0.464 e. The van der Waals surface area contributed by atoms with Crippen molar-refractivity contribution < 1.29 is 14.3 Å². The molecule has 8 heteroatoms. The molecule has 0 atom stereocenters. The molecule has 0 aliphatic rings. The Balaban J connectivity index is 2.12. The normalized spacial score (nSPS) is 10.8. The number of amides is 1. The van der Waals surface area contributed by atoms with Gasteiger partial charge < -0.3 is 10.1 Å². The molecule has 2 rings (SSSR count). The minimum Gasteiger partial charge on any atom is -0.464 e. The topological polar surface area (TPSA) is 91.0 Å². The Morgan fingerprint density at radius 2 is 1.71 bits per heavy atom. The molecule has 0 spiro atoms. The van der Waals surface area contributed by atoms with Crippen LogP contribution in [0.2, 0.25) is 0 Å². The maximum atomic E-state index is 12.3. The molecule has 2 heterocycles. The van der Waals surface area contributed by atoms with E-state index in [2.05, 4.69) is 15.5 Å². The van der Waals surface area contributed by atoms with Crippen LogP contribution in [0, 0.1) is 20.8 Å². The van der Waals surface area contributed by atoms with Gasteiger partial charge in [-0.05, 0) is 32.8 Å². The van der Waals surface area contributed by atoms with Crippen LogP contribution in [0.15, 0.2) is 0 Å². The van der Waals surface area contributed by atoms with E-state index in [1.165, 1.54) is 11.8 Å². The summed E-state index contributed by atoms with van der Waals surface area (Å²) in [7, 11) is 4.81. The average molecular weight is 333 g/mol. The monoisotopic (exact) mass is 333 g/mol. The third-order valence-electron chi connectivity index (χ3n) is 4.13. The van der Waals surface area contributed by atoms with Crippen LogP contribution in [-0.4, -0.2) is 38.5 Å². The Labute approximate surface area is 140 Å². The van der Waals surface area contributed by atoms with Crippen molar-refractivity contribution in [3.63, 3.8) is 0 Å². The first-order valence-corrected chi connectivity index (χ1v) is 7.67. The predicted molar refractivity (Wildman–Crippen MR) is 88.9 cm³/mol. The van der Waals surface area contributed by atoms with Crippen molar-refractivity contribution in [1.29, 1.82) is 0 Å². The summed E-state index contributed by atoms with van der Waals surface area (Å²) in [5, 5.41) is 11.3. The van der Waals surface area contributed by atoms with E-state index >= 15 is 0 Å². The molecule has 0 radical (unpaired) electrons. The maximum Gasteiger partial charge on any atom is 0.358 e. The second-order valence-corrected chi connectivity index (χ2v) is 5.75. The molecule has 0 aliphatic carbocycles. The zero-order valence-corrected chi connectivity index (χ0v) is 14.9. The zero-order valence-electron chi connectivity index (χ0n) is 14.9. The third kappa shape index (κ3) is 3.32. The Kier molecular flexibility index (Phi) is 5.06. The highest BCUT2D eigenvalue weighted by atomic mass is 16.5. The smallest absolute Gasteiger partial charge is 0.358 e. The van der Waals surface area contributed by atoms with Gasteiger partial charge in [-0.1, -0.05) is 0 Å². The Morgan fingerprint density at radius 3 is 2.25 bits per heavy atom. The van der Waals surface area contributed by atoms with Gasteiger partial charge in [-0.2, -0.15) is 10.2 Å². The van der Waals surface area contributed by atoms with Gasteiger partial charge in [-0.25, -0.2) is 4.79 Å². The predicted octanol–water partition coefficient (Wildman–Crippen LogP) is 1.44. The van der Waals surface area contributed by atoms with Gasteiger partial charge in [0.25, 0.3) is 0 Å². The Hall–Kier alpha value is -2.64. The van der Waals surface area contributed by atoms with E-state index in [1.807, 2.05) is 25.6 Å². The number of ether oxygens (including phenoxy) is 1. The molecule has 0 bridgehead atoms. The van der Waals surface area contributed by atoms with Gasteiger partial charge in [-0.15, -0.1) is 0 Å². The molecule has 2 aromatic rings. The van der Waals surface area contributed by atoms with Gasteiger partial charge >= 0.3 is 5.97 Å². The van der Waals surface area contributed by atoms with Crippen LogP contribution in [0.3, 0.4) is 0 Å². The fraction of sp³-hybridized carbons (Fsp3) is 0.500.